The normalized spacial score (nSPS) is 22.5. The van der Waals surface area contributed by atoms with E-state index in [0.717, 1.165) is 24.8 Å². The molecule has 7 nitrogen and oxygen atoms in total. The molecule has 28 heavy (non-hydrogen) atoms. The van der Waals surface area contributed by atoms with E-state index in [9.17, 15) is 9.59 Å². The van der Waals surface area contributed by atoms with Crippen molar-refractivity contribution in [3.63, 3.8) is 0 Å². The van der Waals surface area contributed by atoms with Crippen LogP contribution in [0.2, 0.25) is 0 Å². The van der Waals surface area contributed by atoms with Crippen LogP contribution in [0.3, 0.4) is 0 Å². The third-order valence-corrected chi connectivity index (χ3v) is 5.81. The summed E-state index contributed by atoms with van der Waals surface area (Å²) in [5.41, 5.74) is 1.03. The molecule has 4 rings (SSSR count). The van der Waals surface area contributed by atoms with Gasteiger partial charge in [-0.15, -0.1) is 0 Å². The van der Waals surface area contributed by atoms with Gasteiger partial charge in [0.05, 0.1) is 7.11 Å². The average Bonchev–Trinajstić information content (AvgIpc) is 3.21. The summed E-state index contributed by atoms with van der Waals surface area (Å²) in [4.78, 5) is 33.2. The Hall–Kier alpha value is -2.83. The zero-order valence-electron chi connectivity index (χ0n) is 16.1. The summed E-state index contributed by atoms with van der Waals surface area (Å²) >= 11 is 0. The van der Waals surface area contributed by atoms with E-state index in [1.54, 1.807) is 24.5 Å². The molecule has 0 aromatic carbocycles. The van der Waals surface area contributed by atoms with Gasteiger partial charge in [-0.05, 0) is 43.0 Å². The van der Waals surface area contributed by atoms with Gasteiger partial charge in [0, 0.05) is 56.5 Å². The molecular formula is C21H25N3O4. The predicted octanol–water partition coefficient (Wildman–Crippen LogP) is 2.73. The van der Waals surface area contributed by atoms with Gasteiger partial charge in [0.1, 0.15) is 0 Å². The van der Waals surface area contributed by atoms with Gasteiger partial charge >= 0.3 is 0 Å². The van der Waals surface area contributed by atoms with Gasteiger partial charge in [-0.25, -0.2) is 0 Å². The fourth-order valence-corrected chi connectivity index (χ4v) is 4.37. The molecule has 0 bridgehead atoms. The molecule has 0 N–H and O–H groups in total. The van der Waals surface area contributed by atoms with E-state index < -0.39 is 0 Å². The minimum absolute atomic E-state index is 0.0501. The number of amides is 2. The fraction of sp³-hybridized carbons (Fsp3) is 0.476. The van der Waals surface area contributed by atoms with Crippen LogP contribution in [0.1, 0.15) is 41.8 Å². The van der Waals surface area contributed by atoms with Crippen LogP contribution in [0.5, 0.6) is 5.95 Å². The number of carbonyl (C=O) groups is 2. The summed E-state index contributed by atoms with van der Waals surface area (Å²) in [5, 5.41) is 0. The quantitative estimate of drug-likeness (QED) is 0.811. The number of piperidine rings is 2. The lowest BCUT2D eigenvalue weighted by atomic mass is 9.73. The first-order chi connectivity index (χ1) is 13.6. The number of methoxy groups -OCH3 is 1. The molecule has 2 aromatic rings. The van der Waals surface area contributed by atoms with Crippen molar-refractivity contribution in [2.24, 2.45) is 5.41 Å². The van der Waals surface area contributed by atoms with E-state index in [2.05, 4.69) is 4.98 Å². The highest BCUT2D eigenvalue weighted by Crippen LogP contribution is 2.39. The number of ether oxygens (including phenoxy) is 1. The second kappa shape index (κ2) is 7.66. The Bertz CT molecular complexity index is 850. The molecule has 2 aromatic heterocycles. The number of furan rings is 1. The van der Waals surface area contributed by atoms with Crippen molar-refractivity contribution in [2.75, 3.05) is 26.7 Å². The molecule has 2 saturated heterocycles. The third kappa shape index (κ3) is 3.74. The van der Waals surface area contributed by atoms with Crippen LogP contribution >= 0.6 is 0 Å². The smallest absolute Gasteiger partial charge is 0.289 e. The topological polar surface area (TPSA) is 75.9 Å². The van der Waals surface area contributed by atoms with E-state index in [1.165, 1.54) is 7.11 Å². The van der Waals surface area contributed by atoms with Gasteiger partial charge in [0.15, 0.2) is 5.76 Å². The second-order valence-corrected chi connectivity index (χ2v) is 7.76. The predicted molar refractivity (Wildman–Crippen MR) is 102 cm³/mol. The average molecular weight is 383 g/mol. The van der Waals surface area contributed by atoms with E-state index in [4.69, 9.17) is 9.15 Å². The lowest BCUT2D eigenvalue weighted by Crippen LogP contribution is -2.54. The number of aromatic nitrogens is 1. The molecule has 7 heteroatoms. The Balaban J connectivity index is 1.47. The zero-order valence-corrected chi connectivity index (χ0v) is 16.1. The maximum absolute atomic E-state index is 12.9. The Morgan fingerprint density at radius 3 is 2.79 bits per heavy atom. The molecule has 0 aliphatic carbocycles. The zero-order chi connectivity index (χ0) is 19.6. The van der Waals surface area contributed by atoms with E-state index in [0.29, 0.717) is 44.3 Å². The first kappa shape index (κ1) is 18.5. The Morgan fingerprint density at radius 1 is 1.21 bits per heavy atom. The van der Waals surface area contributed by atoms with Crippen molar-refractivity contribution in [3.05, 3.63) is 48.0 Å². The summed E-state index contributed by atoms with van der Waals surface area (Å²) in [6.45, 7) is 2.63. The summed E-state index contributed by atoms with van der Waals surface area (Å²) < 4.78 is 10.5. The van der Waals surface area contributed by atoms with Crippen LogP contribution in [0.15, 0.2) is 41.1 Å². The highest BCUT2D eigenvalue weighted by Gasteiger charge is 2.43. The maximum atomic E-state index is 12.9. The molecule has 0 saturated carbocycles. The fourth-order valence-electron chi connectivity index (χ4n) is 4.37. The number of hydrogen-bond donors (Lipinski definition) is 0. The van der Waals surface area contributed by atoms with Crippen LogP contribution in [0.4, 0.5) is 0 Å². The molecule has 1 spiro atoms. The van der Waals surface area contributed by atoms with Gasteiger partial charge in [-0.1, -0.05) is 0 Å². The summed E-state index contributed by atoms with van der Waals surface area (Å²) in [5.74, 6) is 0.706. The molecule has 2 aliphatic heterocycles. The van der Waals surface area contributed by atoms with Gasteiger partial charge in [-0.3, -0.25) is 14.6 Å². The maximum Gasteiger partial charge on any atom is 0.289 e. The summed E-state index contributed by atoms with van der Waals surface area (Å²) in [6.07, 6.45) is 6.81. The molecular weight excluding hydrogens is 358 g/mol. The summed E-state index contributed by atoms with van der Waals surface area (Å²) in [6, 6.07) is 7.19. The number of nitrogens with zero attached hydrogens (tertiary/aromatic N) is 3. The Kier molecular flexibility index (Phi) is 5.07. The number of pyridine rings is 1. The Labute approximate surface area is 164 Å². The molecule has 148 valence electrons. The largest absolute Gasteiger partial charge is 0.468 e. The van der Waals surface area contributed by atoms with Crippen molar-refractivity contribution >= 4 is 11.8 Å². The minimum atomic E-state index is -0.111. The lowest BCUT2D eigenvalue weighted by molar-refractivity contribution is -0.139. The molecule has 4 heterocycles. The SMILES string of the molecule is COc1ccc(C(=O)N2CCC[C@]3(CCC(=O)N(Cc4ccncc4)C3)C2)o1. The summed E-state index contributed by atoms with van der Waals surface area (Å²) in [7, 11) is 1.51. The van der Waals surface area contributed by atoms with Crippen molar-refractivity contribution in [1.82, 2.24) is 14.8 Å². The van der Waals surface area contributed by atoms with Gasteiger partial charge in [0.2, 0.25) is 5.91 Å². The van der Waals surface area contributed by atoms with Crippen molar-refractivity contribution < 1.29 is 18.7 Å². The third-order valence-electron chi connectivity index (χ3n) is 5.81. The standard InChI is InChI=1S/C21H25N3O4/c1-27-19-4-3-17(28-19)20(26)23-12-2-8-21(14-23)9-5-18(25)24(15-21)13-16-6-10-22-11-7-16/h3-4,6-7,10-11H,2,5,8-9,12-15H2,1H3/t21-/m0/s1. The first-order valence-corrected chi connectivity index (χ1v) is 9.68. The molecule has 0 unspecified atom stereocenters. The second-order valence-electron chi connectivity index (χ2n) is 7.76. The number of rotatable bonds is 4. The van der Waals surface area contributed by atoms with Gasteiger partial charge < -0.3 is 19.0 Å². The van der Waals surface area contributed by atoms with Crippen LogP contribution in [0.25, 0.3) is 0 Å². The van der Waals surface area contributed by atoms with Crippen molar-refractivity contribution in [3.8, 4) is 5.95 Å². The van der Waals surface area contributed by atoms with Crippen LogP contribution < -0.4 is 4.74 Å². The number of carbonyl (C=O) groups excluding carboxylic acids is 2. The number of likely N-dealkylation sites (tertiary alicyclic amines) is 2. The van der Waals surface area contributed by atoms with Gasteiger partial charge in [-0.2, -0.15) is 0 Å². The first-order valence-electron chi connectivity index (χ1n) is 9.68. The van der Waals surface area contributed by atoms with Crippen molar-refractivity contribution in [2.45, 2.75) is 32.2 Å². The molecule has 1 atom stereocenters. The van der Waals surface area contributed by atoms with Crippen LogP contribution in [-0.4, -0.2) is 53.3 Å². The molecule has 2 fully saturated rings. The highest BCUT2D eigenvalue weighted by atomic mass is 16.6. The van der Waals surface area contributed by atoms with E-state index >= 15 is 0 Å². The monoisotopic (exact) mass is 383 g/mol. The van der Waals surface area contributed by atoms with E-state index in [1.807, 2.05) is 21.9 Å². The highest BCUT2D eigenvalue weighted by molar-refractivity contribution is 5.91. The van der Waals surface area contributed by atoms with E-state index in [-0.39, 0.29) is 17.2 Å². The molecule has 0 radical (unpaired) electrons. The molecule has 2 amide bonds. The van der Waals surface area contributed by atoms with Gasteiger partial charge in [0.25, 0.3) is 11.9 Å². The Morgan fingerprint density at radius 2 is 2.04 bits per heavy atom. The lowest BCUT2D eigenvalue weighted by Gasteiger charge is -2.48. The van der Waals surface area contributed by atoms with Crippen LogP contribution in [0, 0.1) is 5.41 Å². The number of hydrogen-bond acceptors (Lipinski definition) is 5. The van der Waals surface area contributed by atoms with Crippen LogP contribution in [-0.2, 0) is 11.3 Å². The minimum Gasteiger partial charge on any atom is -0.468 e. The molecule has 2 aliphatic rings. The van der Waals surface area contributed by atoms with Crippen molar-refractivity contribution in [1.29, 1.82) is 0 Å².